The molecule has 0 unspecified atom stereocenters. The van der Waals surface area contributed by atoms with Gasteiger partial charge in [-0.2, -0.15) is 5.10 Å². The Morgan fingerprint density at radius 3 is 2.33 bits per heavy atom. The largest absolute Gasteiger partial charge is 0.488 e. The molecular formula is C35H30N2O3. The lowest BCUT2D eigenvalue weighted by Gasteiger charge is -2.16. The third-order valence-electron chi connectivity index (χ3n) is 6.92. The van der Waals surface area contributed by atoms with Crippen LogP contribution in [0.15, 0.2) is 115 Å². The average Bonchev–Trinajstić information content (AvgIpc) is 3.56. The van der Waals surface area contributed by atoms with Crippen LogP contribution in [-0.4, -0.2) is 21.2 Å². The Balaban J connectivity index is 1.35. The number of carbonyl (C=O) groups excluding carboxylic acids is 1. The van der Waals surface area contributed by atoms with Gasteiger partial charge in [-0.3, -0.25) is 4.79 Å². The van der Waals surface area contributed by atoms with Crippen LogP contribution in [0.2, 0.25) is 0 Å². The minimum atomic E-state index is -0.360. The van der Waals surface area contributed by atoms with E-state index in [1.54, 1.807) is 12.1 Å². The number of carbonyl (C=O) groups is 1. The van der Waals surface area contributed by atoms with Crippen molar-refractivity contribution in [1.29, 1.82) is 0 Å². The summed E-state index contributed by atoms with van der Waals surface area (Å²) >= 11 is 0. The molecule has 0 radical (unpaired) electrons. The van der Waals surface area contributed by atoms with Gasteiger partial charge in [-0.25, -0.2) is 4.68 Å². The van der Waals surface area contributed by atoms with Crippen molar-refractivity contribution >= 4 is 11.9 Å². The van der Waals surface area contributed by atoms with E-state index in [9.17, 15) is 4.79 Å². The second kappa shape index (κ2) is 10.7. The number of para-hydroxylation sites is 1. The molecule has 1 aliphatic heterocycles. The molecule has 5 nitrogen and oxygen atoms in total. The van der Waals surface area contributed by atoms with E-state index in [0.29, 0.717) is 24.3 Å². The Kier molecular flexibility index (Phi) is 6.79. The van der Waals surface area contributed by atoms with Crippen molar-refractivity contribution in [2.24, 2.45) is 0 Å². The van der Waals surface area contributed by atoms with E-state index in [2.05, 4.69) is 0 Å². The molecule has 1 aliphatic rings. The molecular weight excluding hydrogens is 496 g/mol. The third-order valence-corrected chi connectivity index (χ3v) is 6.92. The highest BCUT2D eigenvalue weighted by atomic mass is 16.5. The van der Waals surface area contributed by atoms with E-state index in [0.717, 1.165) is 39.4 Å². The Morgan fingerprint density at radius 1 is 0.925 bits per heavy atom. The zero-order valence-corrected chi connectivity index (χ0v) is 22.6. The van der Waals surface area contributed by atoms with E-state index in [4.69, 9.17) is 14.6 Å². The van der Waals surface area contributed by atoms with Gasteiger partial charge >= 0.3 is 0 Å². The van der Waals surface area contributed by atoms with Crippen molar-refractivity contribution in [2.45, 2.75) is 32.5 Å². The van der Waals surface area contributed by atoms with Crippen LogP contribution in [0.25, 0.3) is 23.0 Å². The van der Waals surface area contributed by atoms with Gasteiger partial charge in [-0.1, -0.05) is 78.9 Å². The van der Waals surface area contributed by atoms with Crippen molar-refractivity contribution in [2.75, 3.05) is 0 Å². The zero-order valence-electron chi connectivity index (χ0n) is 22.6. The van der Waals surface area contributed by atoms with Crippen LogP contribution in [0.4, 0.5) is 0 Å². The molecule has 5 aromatic rings. The molecule has 6 rings (SSSR count). The van der Waals surface area contributed by atoms with Crippen LogP contribution in [-0.2, 0) is 13.0 Å². The minimum absolute atomic E-state index is 0.137. The van der Waals surface area contributed by atoms with Crippen molar-refractivity contribution in [3.63, 3.8) is 0 Å². The predicted molar refractivity (Wildman–Crippen MR) is 158 cm³/mol. The van der Waals surface area contributed by atoms with E-state index < -0.39 is 0 Å². The smallest absolute Gasteiger partial charge is 0.189 e. The second-order valence-corrected chi connectivity index (χ2v) is 10.5. The number of ether oxygens (including phenoxy) is 2. The molecule has 0 amide bonds. The fourth-order valence-corrected chi connectivity index (χ4v) is 5.02. The molecule has 2 heterocycles. The summed E-state index contributed by atoms with van der Waals surface area (Å²) in [6.45, 7) is 4.46. The van der Waals surface area contributed by atoms with Crippen LogP contribution in [0, 0.1) is 0 Å². The predicted octanol–water partition coefficient (Wildman–Crippen LogP) is 7.73. The van der Waals surface area contributed by atoms with Crippen LogP contribution >= 0.6 is 0 Å². The molecule has 4 aromatic carbocycles. The van der Waals surface area contributed by atoms with Gasteiger partial charge in [0.05, 0.1) is 16.9 Å². The van der Waals surface area contributed by atoms with Crippen molar-refractivity contribution in [1.82, 2.24) is 9.78 Å². The zero-order chi connectivity index (χ0) is 27.5. The molecule has 40 heavy (non-hydrogen) atoms. The Hall–Kier alpha value is -4.90. The lowest BCUT2D eigenvalue weighted by Crippen LogP contribution is -2.24. The monoisotopic (exact) mass is 526 g/mol. The molecule has 0 atom stereocenters. The van der Waals surface area contributed by atoms with Crippen LogP contribution in [0.3, 0.4) is 0 Å². The molecule has 0 saturated carbocycles. The molecule has 0 saturated heterocycles. The summed E-state index contributed by atoms with van der Waals surface area (Å²) in [6.07, 6.45) is 6.06. The van der Waals surface area contributed by atoms with Crippen molar-refractivity contribution < 1.29 is 14.3 Å². The van der Waals surface area contributed by atoms with Gasteiger partial charge in [0, 0.05) is 29.3 Å². The summed E-state index contributed by atoms with van der Waals surface area (Å²) in [5.41, 5.74) is 5.70. The summed E-state index contributed by atoms with van der Waals surface area (Å²) in [5, 5.41) is 4.86. The molecule has 0 N–H and O–H groups in total. The van der Waals surface area contributed by atoms with Gasteiger partial charge in [0.25, 0.3) is 0 Å². The van der Waals surface area contributed by atoms with E-state index in [1.807, 2.05) is 128 Å². The van der Waals surface area contributed by atoms with Gasteiger partial charge in [-0.15, -0.1) is 0 Å². The van der Waals surface area contributed by atoms with Crippen molar-refractivity contribution in [3.05, 3.63) is 138 Å². The number of ketones is 1. The minimum Gasteiger partial charge on any atom is -0.488 e. The topological polar surface area (TPSA) is 53.4 Å². The molecule has 0 aliphatic carbocycles. The van der Waals surface area contributed by atoms with E-state index in [1.165, 1.54) is 0 Å². The molecule has 1 aromatic heterocycles. The summed E-state index contributed by atoms with van der Waals surface area (Å²) in [6, 6.07) is 33.6. The highest BCUT2D eigenvalue weighted by Gasteiger charge is 2.34. The first-order valence-electron chi connectivity index (χ1n) is 13.4. The van der Waals surface area contributed by atoms with E-state index >= 15 is 0 Å². The fraction of sp³-hybridized carbons (Fsp3) is 0.143. The first kappa shape index (κ1) is 25.4. The summed E-state index contributed by atoms with van der Waals surface area (Å²) in [5.74, 6) is 1.22. The average molecular weight is 527 g/mol. The van der Waals surface area contributed by atoms with Gasteiger partial charge < -0.3 is 9.47 Å². The summed E-state index contributed by atoms with van der Waals surface area (Å²) in [4.78, 5) is 13.7. The Bertz CT molecular complexity index is 1670. The Labute approximate surface area is 234 Å². The number of nitrogens with zero attached hydrogens (tertiary/aromatic N) is 2. The third kappa shape index (κ3) is 5.32. The number of aromatic nitrogens is 2. The van der Waals surface area contributed by atoms with Gasteiger partial charge in [0.15, 0.2) is 5.78 Å². The lowest BCUT2D eigenvalue weighted by atomic mass is 9.97. The fourth-order valence-electron chi connectivity index (χ4n) is 5.02. The highest BCUT2D eigenvalue weighted by molar-refractivity contribution is 6.09. The van der Waals surface area contributed by atoms with Crippen LogP contribution in [0.1, 0.15) is 40.9 Å². The number of benzene rings is 4. The first-order chi connectivity index (χ1) is 19.5. The SMILES string of the molecule is CC1(C)Cc2c(ccc(C(=O)/C=C/c3cn(-c4ccccc4)nc3-c3ccccc3)c2OCc2ccccc2)O1. The second-order valence-electron chi connectivity index (χ2n) is 10.5. The summed E-state index contributed by atoms with van der Waals surface area (Å²) < 4.78 is 14.3. The molecule has 5 heteroatoms. The van der Waals surface area contributed by atoms with Crippen LogP contribution in [0.5, 0.6) is 11.5 Å². The maximum absolute atomic E-state index is 13.7. The quantitative estimate of drug-likeness (QED) is 0.153. The lowest BCUT2D eigenvalue weighted by molar-refractivity contribution is 0.104. The van der Waals surface area contributed by atoms with E-state index in [-0.39, 0.29) is 11.4 Å². The maximum Gasteiger partial charge on any atom is 0.189 e. The van der Waals surface area contributed by atoms with Crippen LogP contribution < -0.4 is 9.47 Å². The number of allylic oxidation sites excluding steroid dienone is 1. The number of fused-ring (bicyclic) bond motifs is 1. The van der Waals surface area contributed by atoms with Gasteiger partial charge in [-0.05, 0) is 55.8 Å². The molecule has 198 valence electrons. The molecule has 0 spiro atoms. The molecule has 0 bridgehead atoms. The normalized spacial score (nSPS) is 13.7. The number of hydrogen-bond donors (Lipinski definition) is 0. The maximum atomic E-state index is 13.7. The standard InChI is InChI=1S/C35H30N2O3/c1-35(2)22-30-32(40-35)21-19-29(34(30)39-24-25-12-6-3-7-13-25)31(38)20-18-27-23-37(28-16-10-5-11-17-28)36-33(27)26-14-8-4-9-15-26/h3-21,23H,22,24H2,1-2H3/b20-18+. The summed E-state index contributed by atoms with van der Waals surface area (Å²) in [7, 11) is 0. The number of hydrogen-bond acceptors (Lipinski definition) is 4. The highest BCUT2D eigenvalue weighted by Crippen LogP contribution is 2.43. The number of rotatable bonds is 8. The van der Waals surface area contributed by atoms with Gasteiger partial charge in [0.2, 0.25) is 0 Å². The first-order valence-corrected chi connectivity index (χ1v) is 13.4. The Morgan fingerprint density at radius 2 is 1.60 bits per heavy atom. The molecule has 0 fully saturated rings. The van der Waals surface area contributed by atoms with Gasteiger partial charge in [0.1, 0.15) is 23.7 Å². The van der Waals surface area contributed by atoms with Crippen molar-refractivity contribution in [3.8, 4) is 28.4 Å².